The molecule has 0 saturated carbocycles. The Morgan fingerprint density at radius 3 is 2.86 bits per heavy atom. The topological polar surface area (TPSA) is 79.3 Å². The minimum absolute atomic E-state index is 0.00766. The van der Waals surface area contributed by atoms with Crippen LogP contribution in [0, 0.1) is 19.8 Å². The van der Waals surface area contributed by atoms with Crippen molar-refractivity contribution in [2.45, 2.75) is 26.7 Å². The normalized spacial score (nSPS) is 17.3. The van der Waals surface area contributed by atoms with E-state index in [0.29, 0.717) is 24.7 Å². The molecule has 7 nitrogen and oxygen atoms in total. The number of nitrogens with zero attached hydrogens (tertiary/aromatic N) is 3. The molecule has 1 unspecified atom stereocenters. The zero-order chi connectivity index (χ0) is 20.1. The number of anilines is 1. The Hall–Kier alpha value is -2.67. The van der Waals surface area contributed by atoms with Gasteiger partial charge in [-0.2, -0.15) is 0 Å². The first-order valence-electron chi connectivity index (χ1n) is 9.77. The van der Waals surface area contributed by atoms with Crippen LogP contribution in [-0.2, 0) is 11.8 Å². The van der Waals surface area contributed by atoms with Crippen molar-refractivity contribution in [2.24, 2.45) is 13.0 Å². The number of nitrogens with one attached hydrogen (secondary N) is 2. The first-order chi connectivity index (χ1) is 13.4. The second kappa shape index (κ2) is 9.01. The second-order valence-electron chi connectivity index (χ2n) is 7.64. The first kappa shape index (κ1) is 20.1. The SMILES string of the molecule is Cc1cccc(NC(=O)CN2CCCC(CNC(=O)c3cncn3C)C2)c1C. The molecule has 0 aliphatic carbocycles. The molecular formula is C21H29N5O2. The Morgan fingerprint density at radius 1 is 1.29 bits per heavy atom. The standard InChI is InChI=1S/C21H29N5O2/c1-15-6-4-8-18(16(15)2)24-20(27)13-26-9-5-7-17(12-26)10-23-21(28)19-11-22-14-25(19)3/h4,6,8,11,14,17H,5,7,9-10,12-13H2,1-3H3,(H,23,28)(H,24,27). The molecule has 1 aliphatic rings. The highest BCUT2D eigenvalue weighted by Crippen LogP contribution is 2.19. The number of piperidine rings is 1. The lowest BCUT2D eigenvalue weighted by Crippen LogP contribution is -2.44. The number of rotatable bonds is 6. The fourth-order valence-electron chi connectivity index (χ4n) is 3.64. The van der Waals surface area contributed by atoms with Gasteiger partial charge in [-0.25, -0.2) is 4.98 Å². The van der Waals surface area contributed by atoms with Crippen molar-refractivity contribution in [3.05, 3.63) is 47.5 Å². The Balaban J connectivity index is 1.48. The summed E-state index contributed by atoms with van der Waals surface area (Å²) < 4.78 is 1.71. The molecule has 1 atom stereocenters. The molecule has 3 rings (SSSR count). The van der Waals surface area contributed by atoms with Crippen molar-refractivity contribution in [3.8, 4) is 0 Å². The summed E-state index contributed by atoms with van der Waals surface area (Å²) in [6.07, 6.45) is 5.27. The number of aryl methyl sites for hydroxylation is 2. The lowest BCUT2D eigenvalue weighted by molar-refractivity contribution is -0.117. The van der Waals surface area contributed by atoms with Crippen molar-refractivity contribution in [1.82, 2.24) is 19.8 Å². The van der Waals surface area contributed by atoms with Gasteiger partial charge in [-0.15, -0.1) is 0 Å². The molecule has 150 valence electrons. The molecule has 1 fully saturated rings. The third-order valence-electron chi connectivity index (χ3n) is 5.45. The number of carbonyl (C=O) groups is 2. The molecule has 1 saturated heterocycles. The molecule has 1 aromatic heterocycles. The number of carbonyl (C=O) groups excluding carboxylic acids is 2. The van der Waals surface area contributed by atoms with Crippen molar-refractivity contribution in [1.29, 1.82) is 0 Å². The summed E-state index contributed by atoms with van der Waals surface area (Å²) in [5.41, 5.74) is 3.70. The Labute approximate surface area is 166 Å². The van der Waals surface area contributed by atoms with Gasteiger partial charge in [0.05, 0.1) is 19.1 Å². The third kappa shape index (κ3) is 4.98. The number of benzene rings is 1. The maximum atomic E-state index is 12.5. The Morgan fingerprint density at radius 2 is 2.11 bits per heavy atom. The molecule has 7 heteroatoms. The molecule has 2 N–H and O–H groups in total. The van der Waals surface area contributed by atoms with E-state index in [0.717, 1.165) is 37.2 Å². The van der Waals surface area contributed by atoms with Gasteiger partial charge in [-0.05, 0) is 56.3 Å². The van der Waals surface area contributed by atoms with Gasteiger partial charge in [0.2, 0.25) is 5.91 Å². The largest absolute Gasteiger partial charge is 0.350 e. The van der Waals surface area contributed by atoms with Crippen LogP contribution in [-0.4, -0.2) is 52.4 Å². The van der Waals surface area contributed by atoms with E-state index in [4.69, 9.17) is 0 Å². The molecule has 0 radical (unpaired) electrons. The van der Waals surface area contributed by atoms with E-state index in [1.807, 2.05) is 32.0 Å². The fraction of sp³-hybridized carbons (Fsp3) is 0.476. The number of hydrogen-bond donors (Lipinski definition) is 2. The average molecular weight is 383 g/mol. The fourth-order valence-corrected chi connectivity index (χ4v) is 3.64. The number of amides is 2. The molecule has 28 heavy (non-hydrogen) atoms. The van der Waals surface area contributed by atoms with Gasteiger partial charge in [0.15, 0.2) is 0 Å². The van der Waals surface area contributed by atoms with Crippen LogP contribution < -0.4 is 10.6 Å². The average Bonchev–Trinajstić information content (AvgIpc) is 3.10. The van der Waals surface area contributed by atoms with E-state index in [1.165, 1.54) is 5.56 Å². The highest BCUT2D eigenvalue weighted by atomic mass is 16.2. The number of aromatic nitrogens is 2. The highest BCUT2D eigenvalue weighted by Gasteiger charge is 2.23. The lowest BCUT2D eigenvalue weighted by Gasteiger charge is -2.32. The summed E-state index contributed by atoms with van der Waals surface area (Å²) in [7, 11) is 1.80. The van der Waals surface area contributed by atoms with E-state index >= 15 is 0 Å². The van der Waals surface area contributed by atoms with Gasteiger partial charge in [0, 0.05) is 25.8 Å². The summed E-state index contributed by atoms with van der Waals surface area (Å²) in [6, 6.07) is 5.94. The zero-order valence-corrected chi connectivity index (χ0v) is 16.9. The Kier molecular flexibility index (Phi) is 6.46. The van der Waals surface area contributed by atoms with E-state index in [9.17, 15) is 9.59 Å². The molecule has 0 bridgehead atoms. The molecular weight excluding hydrogens is 354 g/mol. The predicted molar refractivity (Wildman–Crippen MR) is 109 cm³/mol. The van der Waals surface area contributed by atoms with E-state index in [-0.39, 0.29) is 11.8 Å². The van der Waals surface area contributed by atoms with Crippen LogP contribution in [0.5, 0.6) is 0 Å². The maximum absolute atomic E-state index is 12.5. The predicted octanol–water partition coefficient (Wildman–Crippen LogP) is 2.12. The van der Waals surface area contributed by atoms with Crippen LogP contribution in [0.25, 0.3) is 0 Å². The monoisotopic (exact) mass is 383 g/mol. The summed E-state index contributed by atoms with van der Waals surface area (Å²) in [5, 5.41) is 6.02. The summed E-state index contributed by atoms with van der Waals surface area (Å²) >= 11 is 0. The molecule has 2 amide bonds. The number of imidazole rings is 1. The van der Waals surface area contributed by atoms with Crippen molar-refractivity contribution in [2.75, 3.05) is 31.5 Å². The van der Waals surface area contributed by atoms with Crippen LogP contribution in [0.1, 0.15) is 34.5 Å². The summed E-state index contributed by atoms with van der Waals surface area (Å²) in [5.74, 6) is 0.248. The number of likely N-dealkylation sites (tertiary alicyclic amines) is 1. The van der Waals surface area contributed by atoms with Crippen LogP contribution in [0.2, 0.25) is 0 Å². The van der Waals surface area contributed by atoms with E-state index < -0.39 is 0 Å². The second-order valence-corrected chi connectivity index (χ2v) is 7.64. The van der Waals surface area contributed by atoms with Crippen LogP contribution in [0.4, 0.5) is 5.69 Å². The quantitative estimate of drug-likeness (QED) is 0.801. The van der Waals surface area contributed by atoms with Crippen LogP contribution in [0.15, 0.2) is 30.7 Å². The molecule has 2 aromatic rings. The van der Waals surface area contributed by atoms with E-state index in [2.05, 4.69) is 20.5 Å². The van der Waals surface area contributed by atoms with Gasteiger partial charge in [0.25, 0.3) is 5.91 Å². The van der Waals surface area contributed by atoms with Crippen LogP contribution in [0.3, 0.4) is 0 Å². The van der Waals surface area contributed by atoms with Gasteiger partial charge < -0.3 is 15.2 Å². The van der Waals surface area contributed by atoms with Gasteiger partial charge in [-0.3, -0.25) is 14.5 Å². The maximum Gasteiger partial charge on any atom is 0.269 e. The third-order valence-corrected chi connectivity index (χ3v) is 5.45. The van der Waals surface area contributed by atoms with Gasteiger partial charge >= 0.3 is 0 Å². The van der Waals surface area contributed by atoms with Crippen molar-refractivity contribution in [3.63, 3.8) is 0 Å². The molecule has 1 aliphatic heterocycles. The summed E-state index contributed by atoms with van der Waals surface area (Å²) in [6.45, 7) is 6.77. The minimum atomic E-state index is -0.107. The lowest BCUT2D eigenvalue weighted by atomic mass is 9.98. The zero-order valence-electron chi connectivity index (χ0n) is 16.9. The summed E-state index contributed by atoms with van der Waals surface area (Å²) in [4.78, 5) is 30.9. The Bertz CT molecular complexity index is 845. The highest BCUT2D eigenvalue weighted by molar-refractivity contribution is 5.93. The van der Waals surface area contributed by atoms with Gasteiger partial charge in [-0.1, -0.05) is 12.1 Å². The van der Waals surface area contributed by atoms with E-state index in [1.54, 1.807) is 24.1 Å². The van der Waals surface area contributed by atoms with Crippen molar-refractivity contribution < 1.29 is 9.59 Å². The van der Waals surface area contributed by atoms with Gasteiger partial charge in [0.1, 0.15) is 5.69 Å². The molecule has 2 heterocycles. The van der Waals surface area contributed by atoms with Crippen LogP contribution >= 0.6 is 0 Å². The van der Waals surface area contributed by atoms with Crippen molar-refractivity contribution >= 4 is 17.5 Å². The number of hydrogen-bond acceptors (Lipinski definition) is 4. The molecule has 1 aromatic carbocycles. The minimum Gasteiger partial charge on any atom is -0.350 e. The molecule has 0 spiro atoms. The smallest absolute Gasteiger partial charge is 0.269 e. The first-order valence-corrected chi connectivity index (χ1v) is 9.77.